The number of rotatable bonds is 4. The molecule has 1 aromatic carbocycles. The second kappa shape index (κ2) is 7.66. The third-order valence-electron chi connectivity index (χ3n) is 4.01. The molecule has 0 spiro atoms. The number of nitrogens with one attached hydrogen (secondary N) is 1. The number of carbonyl (C=O) groups is 1. The molecule has 1 fully saturated rings. The van der Waals surface area contributed by atoms with Crippen LogP contribution in [0.1, 0.15) is 12.0 Å². The third-order valence-corrected chi connectivity index (χ3v) is 5.83. The molecule has 0 aliphatic carbocycles. The number of aromatic amines is 1. The molecule has 1 aliphatic rings. The minimum absolute atomic E-state index is 0.0626. The first-order valence-corrected chi connectivity index (χ1v) is 9.45. The topological polar surface area (TPSA) is 95.6 Å². The first-order valence-electron chi connectivity index (χ1n) is 8.01. The molecular formula is C16H20N4O4S. The number of hydrogen-bond donors (Lipinski definition) is 1. The maximum atomic E-state index is 12.5. The first kappa shape index (κ1) is 17.4. The van der Waals surface area contributed by atoms with Crippen molar-refractivity contribution in [1.82, 2.24) is 19.2 Å². The summed E-state index contributed by atoms with van der Waals surface area (Å²) in [5.41, 5.74) is 0.911. The summed E-state index contributed by atoms with van der Waals surface area (Å²) in [5, 5.41) is 0.0626. The van der Waals surface area contributed by atoms with E-state index in [0.29, 0.717) is 26.1 Å². The first-order chi connectivity index (χ1) is 12.1. The van der Waals surface area contributed by atoms with Crippen LogP contribution in [0.2, 0.25) is 0 Å². The molecule has 2 aromatic rings. The van der Waals surface area contributed by atoms with Crippen molar-refractivity contribution >= 4 is 16.1 Å². The highest BCUT2D eigenvalue weighted by Crippen LogP contribution is 2.15. The highest BCUT2D eigenvalue weighted by Gasteiger charge is 2.29. The van der Waals surface area contributed by atoms with Gasteiger partial charge in [0.2, 0.25) is 0 Å². The molecule has 1 N–H and O–H groups in total. The van der Waals surface area contributed by atoms with E-state index >= 15 is 0 Å². The van der Waals surface area contributed by atoms with Crippen molar-refractivity contribution in [3.63, 3.8) is 0 Å². The number of imidazole rings is 1. The summed E-state index contributed by atoms with van der Waals surface area (Å²) < 4.78 is 31.7. The highest BCUT2D eigenvalue weighted by molar-refractivity contribution is 7.89. The molecule has 1 amide bonds. The third kappa shape index (κ3) is 4.18. The molecule has 3 rings (SSSR count). The van der Waals surface area contributed by atoms with Crippen LogP contribution in [0.4, 0.5) is 4.79 Å². The van der Waals surface area contributed by atoms with E-state index in [1.54, 1.807) is 4.90 Å². The molecule has 9 heteroatoms. The number of carbonyl (C=O) groups excluding carboxylic acids is 1. The zero-order valence-electron chi connectivity index (χ0n) is 13.7. The second-order valence-electron chi connectivity index (χ2n) is 5.70. The Kier molecular flexibility index (Phi) is 5.34. The largest absolute Gasteiger partial charge is 0.445 e. The van der Waals surface area contributed by atoms with Crippen LogP contribution in [0.5, 0.6) is 0 Å². The van der Waals surface area contributed by atoms with Gasteiger partial charge in [0, 0.05) is 26.2 Å². The Bertz CT molecular complexity index is 793. The summed E-state index contributed by atoms with van der Waals surface area (Å²) in [6.07, 6.45) is 2.74. The van der Waals surface area contributed by atoms with E-state index in [1.165, 1.54) is 16.8 Å². The highest BCUT2D eigenvalue weighted by atomic mass is 32.2. The number of H-pyrrole nitrogens is 1. The van der Waals surface area contributed by atoms with E-state index in [-0.39, 0.29) is 18.2 Å². The summed E-state index contributed by atoms with van der Waals surface area (Å²) in [6, 6.07) is 9.43. The Morgan fingerprint density at radius 2 is 1.96 bits per heavy atom. The van der Waals surface area contributed by atoms with Gasteiger partial charge in [0.05, 0.1) is 12.5 Å². The number of sulfonamides is 1. The number of nitrogens with zero attached hydrogens (tertiary/aromatic N) is 3. The van der Waals surface area contributed by atoms with Gasteiger partial charge in [-0.25, -0.2) is 18.2 Å². The molecule has 0 bridgehead atoms. The fourth-order valence-corrected chi connectivity index (χ4v) is 4.02. The van der Waals surface area contributed by atoms with E-state index in [0.717, 1.165) is 5.56 Å². The van der Waals surface area contributed by atoms with E-state index < -0.39 is 16.1 Å². The van der Waals surface area contributed by atoms with Crippen molar-refractivity contribution in [2.45, 2.75) is 18.1 Å². The molecule has 0 radical (unpaired) electrons. The van der Waals surface area contributed by atoms with Crippen LogP contribution in [0.25, 0.3) is 0 Å². The fraction of sp³-hybridized carbons (Fsp3) is 0.375. The summed E-state index contributed by atoms with van der Waals surface area (Å²) in [5.74, 6) is 0. The molecule has 134 valence electrons. The summed E-state index contributed by atoms with van der Waals surface area (Å²) >= 11 is 0. The van der Waals surface area contributed by atoms with Gasteiger partial charge in [-0.05, 0) is 12.0 Å². The van der Waals surface area contributed by atoms with E-state index in [1.807, 2.05) is 30.3 Å². The Hall–Kier alpha value is -2.39. The van der Waals surface area contributed by atoms with Crippen LogP contribution in [-0.4, -0.2) is 59.9 Å². The smallest absolute Gasteiger partial charge is 0.410 e. The van der Waals surface area contributed by atoms with Crippen LogP contribution in [-0.2, 0) is 21.4 Å². The van der Waals surface area contributed by atoms with Gasteiger partial charge in [-0.2, -0.15) is 4.31 Å². The van der Waals surface area contributed by atoms with E-state index in [4.69, 9.17) is 4.74 Å². The average molecular weight is 364 g/mol. The molecule has 0 atom stereocenters. The van der Waals surface area contributed by atoms with Crippen molar-refractivity contribution in [2.75, 3.05) is 26.2 Å². The van der Waals surface area contributed by atoms with Gasteiger partial charge >= 0.3 is 6.09 Å². The molecule has 1 aliphatic heterocycles. The Labute approximate surface area is 146 Å². The molecule has 0 unspecified atom stereocenters. The van der Waals surface area contributed by atoms with Gasteiger partial charge in [0.25, 0.3) is 10.0 Å². The minimum Gasteiger partial charge on any atom is -0.445 e. The minimum atomic E-state index is -3.61. The lowest BCUT2D eigenvalue weighted by Crippen LogP contribution is -2.37. The SMILES string of the molecule is O=C(OCc1ccccc1)N1CCCN(S(=O)(=O)c2cnc[nH]2)CC1. The fourth-order valence-electron chi connectivity index (χ4n) is 2.65. The Morgan fingerprint density at radius 1 is 1.16 bits per heavy atom. The van der Waals surface area contributed by atoms with Crippen LogP contribution >= 0.6 is 0 Å². The van der Waals surface area contributed by atoms with Gasteiger partial charge in [0.15, 0.2) is 5.03 Å². The lowest BCUT2D eigenvalue weighted by atomic mass is 10.2. The molecule has 0 saturated carbocycles. The van der Waals surface area contributed by atoms with E-state index in [9.17, 15) is 13.2 Å². The van der Waals surface area contributed by atoms with Crippen LogP contribution in [0, 0.1) is 0 Å². The van der Waals surface area contributed by atoms with Crippen molar-refractivity contribution in [2.24, 2.45) is 0 Å². The summed E-state index contributed by atoms with van der Waals surface area (Å²) in [6.45, 7) is 1.53. The molecule has 2 heterocycles. The number of benzene rings is 1. The Balaban J connectivity index is 1.57. The number of amides is 1. The maximum Gasteiger partial charge on any atom is 0.410 e. The van der Waals surface area contributed by atoms with Crippen molar-refractivity contribution in [3.8, 4) is 0 Å². The average Bonchev–Trinajstić information content (AvgIpc) is 3.06. The summed E-state index contributed by atoms with van der Waals surface area (Å²) in [7, 11) is -3.61. The normalized spacial score (nSPS) is 16.4. The number of hydrogen-bond acceptors (Lipinski definition) is 5. The predicted octanol–water partition coefficient (Wildman–Crippen LogP) is 1.44. The summed E-state index contributed by atoms with van der Waals surface area (Å²) in [4.78, 5) is 20.2. The zero-order valence-corrected chi connectivity index (χ0v) is 14.5. The lowest BCUT2D eigenvalue weighted by Gasteiger charge is -2.21. The molecule has 1 aromatic heterocycles. The second-order valence-corrected chi connectivity index (χ2v) is 7.61. The van der Waals surface area contributed by atoms with Gasteiger partial charge in [0.1, 0.15) is 6.61 Å². The number of aromatic nitrogens is 2. The quantitative estimate of drug-likeness (QED) is 0.886. The zero-order chi connectivity index (χ0) is 17.7. The lowest BCUT2D eigenvalue weighted by molar-refractivity contribution is 0.0980. The van der Waals surface area contributed by atoms with Gasteiger partial charge in [-0.1, -0.05) is 30.3 Å². The maximum absolute atomic E-state index is 12.5. The molecule has 8 nitrogen and oxygen atoms in total. The van der Waals surface area contributed by atoms with Gasteiger partial charge < -0.3 is 14.6 Å². The van der Waals surface area contributed by atoms with Crippen LogP contribution in [0.3, 0.4) is 0 Å². The van der Waals surface area contributed by atoms with Crippen molar-refractivity contribution in [3.05, 3.63) is 48.4 Å². The van der Waals surface area contributed by atoms with Crippen molar-refractivity contribution in [1.29, 1.82) is 0 Å². The standard InChI is InChI=1S/C16H20N4O4S/c21-16(24-12-14-5-2-1-3-6-14)19-7-4-8-20(10-9-19)25(22,23)15-11-17-13-18-15/h1-3,5-6,11,13H,4,7-10,12H2,(H,17,18). The van der Waals surface area contributed by atoms with Crippen LogP contribution in [0.15, 0.2) is 47.9 Å². The molecule has 25 heavy (non-hydrogen) atoms. The van der Waals surface area contributed by atoms with Gasteiger partial charge in [-0.3, -0.25) is 0 Å². The van der Waals surface area contributed by atoms with Crippen molar-refractivity contribution < 1.29 is 17.9 Å². The van der Waals surface area contributed by atoms with Crippen LogP contribution < -0.4 is 0 Å². The van der Waals surface area contributed by atoms with E-state index in [2.05, 4.69) is 9.97 Å². The molecular weight excluding hydrogens is 344 g/mol. The Morgan fingerprint density at radius 3 is 2.68 bits per heavy atom. The number of ether oxygens (including phenoxy) is 1. The monoisotopic (exact) mass is 364 g/mol. The molecule has 1 saturated heterocycles. The van der Waals surface area contributed by atoms with Gasteiger partial charge in [-0.15, -0.1) is 0 Å². The predicted molar refractivity (Wildman–Crippen MR) is 90.2 cm³/mol.